The van der Waals surface area contributed by atoms with Gasteiger partial charge >= 0.3 is 0 Å². The highest BCUT2D eigenvalue weighted by Gasteiger charge is 2.13. The van der Waals surface area contributed by atoms with E-state index in [0.29, 0.717) is 13.0 Å². The van der Waals surface area contributed by atoms with E-state index in [2.05, 4.69) is 6.92 Å². The molecule has 0 aliphatic rings. The SMILES string of the molecule is CCCCC(=O)N(CCO)c1ccccc1. The summed E-state index contributed by atoms with van der Waals surface area (Å²) in [6.45, 7) is 2.42. The number of anilines is 1. The fraction of sp³-hybridized carbons (Fsp3) is 0.462. The Balaban J connectivity index is 2.71. The van der Waals surface area contributed by atoms with Crippen molar-refractivity contribution < 1.29 is 9.90 Å². The number of rotatable bonds is 6. The Morgan fingerprint density at radius 3 is 2.56 bits per heavy atom. The van der Waals surface area contributed by atoms with Crippen LogP contribution in [0.2, 0.25) is 0 Å². The van der Waals surface area contributed by atoms with Crippen LogP contribution < -0.4 is 4.90 Å². The molecule has 0 bridgehead atoms. The lowest BCUT2D eigenvalue weighted by Gasteiger charge is -2.21. The molecule has 3 nitrogen and oxygen atoms in total. The topological polar surface area (TPSA) is 40.5 Å². The van der Waals surface area contributed by atoms with E-state index >= 15 is 0 Å². The van der Waals surface area contributed by atoms with Crippen LogP contribution in [0.25, 0.3) is 0 Å². The number of benzene rings is 1. The maximum Gasteiger partial charge on any atom is 0.227 e. The highest BCUT2D eigenvalue weighted by molar-refractivity contribution is 5.93. The number of amides is 1. The predicted molar refractivity (Wildman–Crippen MR) is 65.4 cm³/mol. The van der Waals surface area contributed by atoms with Gasteiger partial charge < -0.3 is 10.0 Å². The Kier molecular flexibility index (Phi) is 5.57. The fourth-order valence-electron chi connectivity index (χ4n) is 1.57. The van der Waals surface area contributed by atoms with E-state index in [1.807, 2.05) is 30.3 Å². The third-order valence-corrected chi connectivity index (χ3v) is 2.44. The van der Waals surface area contributed by atoms with Crippen molar-refractivity contribution in [3.05, 3.63) is 30.3 Å². The van der Waals surface area contributed by atoms with Crippen LogP contribution in [0.4, 0.5) is 5.69 Å². The van der Waals surface area contributed by atoms with Crippen molar-refractivity contribution in [1.82, 2.24) is 0 Å². The van der Waals surface area contributed by atoms with Gasteiger partial charge in [-0.25, -0.2) is 0 Å². The van der Waals surface area contributed by atoms with Gasteiger partial charge in [0.2, 0.25) is 5.91 Å². The molecule has 0 aliphatic heterocycles. The summed E-state index contributed by atoms with van der Waals surface area (Å²) in [7, 11) is 0. The van der Waals surface area contributed by atoms with Gasteiger partial charge in [0.1, 0.15) is 0 Å². The molecule has 0 saturated carbocycles. The molecule has 1 amide bonds. The maximum atomic E-state index is 11.9. The number of para-hydroxylation sites is 1. The highest BCUT2D eigenvalue weighted by Crippen LogP contribution is 2.14. The molecule has 0 fully saturated rings. The Hall–Kier alpha value is -1.35. The minimum Gasteiger partial charge on any atom is -0.395 e. The van der Waals surface area contributed by atoms with Crippen molar-refractivity contribution in [2.75, 3.05) is 18.1 Å². The van der Waals surface area contributed by atoms with Crippen LogP contribution in [0.1, 0.15) is 26.2 Å². The Morgan fingerprint density at radius 2 is 2.00 bits per heavy atom. The van der Waals surface area contributed by atoms with Crippen LogP contribution in [0.3, 0.4) is 0 Å². The van der Waals surface area contributed by atoms with Crippen LogP contribution in [0, 0.1) is 0 Å². The number of unbranched alkanes of at least 4 members (excludes halogenated alkanes) is 1. The second kappa shape index (κ2) is 7.01. The molecule has 0 atom stereocenters. The first-order valence-electron chi connectivity index (χ1n) is 5.76. The molecule has 0 aromatic heterocycles. The largest absolute Gasteiger partial charge is 0.395 e. The van der Waals surface area contributed by atoms with Crippen molar-refractivity contribution >= 4 is 11.6 Å². The normalized spacial score (nSPS) is 10.1. The molecule has 0 heterocycles. The lowest BCUT2D eigenvalue weighted by atomic mass is 10.2. The second-order valence-corrected chi connectivity index (χ2v) is 3.71. The van der Waals surface area contributed by atoms with Crippen molar-refractivity contribution in [2.45, 2.75) is 26.2 Å². The zero-order valence-electron chi connectivity index (χ0n) is 9.72. The standard InChI is InChI=1S/C13H19NO2/c1-2-3-9-13(16)14(10-11-15)12-7-5-4-6-8-12/h4-8,15H,2-3,9-11H2,1H3. The molecule has 0 radical (unpaired) electrons. The number of hydrogen-bond acceptors (Lipinski definition) is 2. The molecule has 1 aromatic rings. The maximum absolute atomic E-state index is 11.9. The molecule has 0 spiro atoms. The molecule has 0 saturated heterocycles. The summed E-state index contributed by atoms with van der Waals surface area (Å²) >= 11 is 0. The van der Waals surface area contributed by atoms with E-state index in [9.17, 15) is 4.79 Å². The van der Waals surface area contributed by atoms with Crippen molar-refractivity contribution in [3.8, 4) is 0 Å². The lowest BCUT2D eigenvalue weighted by molar-refractivity contribution is -0.118. The van der Waals surface area contributed by atoms with Gasteiger partial charge in [0, 0.05) is 18.7 Å². The minimum absolute atomic E-state index is 0.00718. The number of aliphatic hydroxyl groups is 1. The van der Waals surface area contributed by atoms with Gasteiger partial charge in [0.15, 0.2) is 0 Å². The van der Waals surface area contributed by atoms with Gasteiger partial charge in [-0.15, -0.1) is 0 Å². The van der Waals surface area contributed by atoms with E-state index in [1.165, 1.54) is 0 Å². The number of hydrogen-bond donors (Lipinski definition) is 1. The first-order valence-corrected chi connectivity index (χ1v) is 5.76. The first-order chi connectivity index (χ1) is 7.79. The summed E-state index contributed by atoms with van der Waals surface area (Å²) in [5.74, 6) is 0.0853. The smallest absolute Gasteiger partial charge is 0.227 e. The zero-order chi connectivity index (χ0) is 11.8. The van der Waals surface area contributed by atoms with Crippen molar-refractivity contribution in [3.63, 3.8) is 0 Å². The number of carbonyl (C=O) groups is 1. The summed E-state index contributed by atoms with van der Waals surface area (Å²) in [6.07, 6.45) is 2.45. The van der Waals surface area contributed by atoms with E-state index in [-0.39, 0.29) is 12.5 Å². The highest BCUT2D eigenvalue weighted by atomic mass is 16.3. The third kappa shape index (κ3) is 3.66. The first kappa shape index (κ1) is 12.7. The Bertz CT molecular complexity index is 311. The molecule has 3 heteroatoms. The van der Waals surface area contributed by atoms with Crippen LogP contribution in [-0.2, 0) is 4.79 Å². The monoisotopic (exact) mass is 221 g/mol. The zero-order valence-corrected chi connectivity index (χ0v) is 9.72. The summed E-state index contributed by atoms with van der Waals surface area (Å²) in [5, 5.41) is 8.98. The van der Waals surface area contributed by atoms with Crippen LogP contribution in [0.5, 0.6) is 0 Å². The van der Waals surface area contributed by atoms with Gasteiger partial charge in [0.05, 0.1) is 6.61 Å². The molecule has 0 aliphatic carbocycles. The summed E-state index contributed by atoms with van der Waals surface area (Å²) in [5.41, 5.74) is 0.859. The number of nitrogens with zero attached hydrogens (tertiary/aromatic N) is 1. The Morgan fingerprint density at radius 1 is 1.31 bits per heavy atom. The van der Waals surface area contributed by atoms with E-state index in [1.54, 1.807) is 4.90 Å². The van der Waals surface area contributed by atoms with Gasteiger partial charge in [-0.05, 0) is 18.6 Å². The van der Waals surface area contributed by atoms with Gasteiger partial charge in [-0.3, -0.25) is 4.79 Å². The van der Waals surface area contributed by atoms with E-state index < -0.39 is 0 Å². The molecular formula is C13H19NO2. The molecule has 0 unspecified atom stereocenters. The average molecular weight is 221 g/mol. The lowest BCUT2D eigenvalue weighted by Crippen LogP contribution is -2.33. The third-order valence-electron chi connectivity index (χ3n) is 2.44. The van der Waals surface area contributed by atoms with Crippen LogP contribution in [0.15, 0.2) is 30.3 Å². The fourth-order valence-corrected chi connectivity index (χ4v) is 1.57. The molecule has 1 N–H and O–H groups in total. The molecule has 1 rings (SSSR count). The summed E-state index contributed by atoms with van der Waals surface area (Å²) < 4.78 is 0. The molecule has 16 heavy (non-hydrogen) atoms. The van der Waals surface area contributed by atoms with Gasteiger partial charge in [-0.1, -0.05) is 31.5 Å². The van der Waals surface area contributed by atoms with E-state index in [4.69, 9.17) is 5.11 Å². The molecular weight excluding hydrogens is 202 g/mol. The molecule has 1 aromatic carbocycles. The predicted octanol–water partition coefficient (Wildman–Crippen LogP) is 2.20. The summed E-state index contributed by atoms with van der Waals surface area (Å²) in [6, 6.07) is 9.48. The quantitative estimate of drug-likeness (QED) is 0.800. The minimum atomic E-state index is -0.00718. The summed E-state index contributed by atoms with van der Waals surface area (Å²) in [4.78, 5) is 13.6. The van der Waals surface area contributed by atoms with Crippen molar-refractivity contribution in [2.24, 2.45) is 0 Å². The van der Waals surface area contributed by atoms with E-state index in [0.717, 1.165) is 18.5 Å². The molecule has 88 valence electrons. The number of aliphatic hydroxyl groups excluding tert-OH is 1. The number of carbonyl (C=O) groups excluding carboxylic acids is 1. The Labute approximate surface area is 96.7 Å². The van der Waals surface area contributed by atoms with Gasteiger partial charge in [-0.2, -0.15) is 0 Å². The van der Waals surface area contributed by atoms with Crippen molar-refractivity contribution in [1.29, 1.82) is 0 Å². The van der Waals surface area contributed by atoms with Crippen LogP contribution in [-0.4, -0.2) is 24.2 Å². The van der Waals surface area contributed by atoms with Gasteiger partial charge in [0.25, 0.3) is 0 Å². The average Bonchev–Trinajstić information content (AvgIpc) is 2.34. The second-order valence-electron chi connectivity index (χ2n) is 3.71. The van der Waals surface area contributed by atoms with Crippen LogP contribution >= 0.6 is 0 Å².